The van der Waals surface area contributed by atoms with Gasteiger partial charge in [-0.3, -0.25) is 9.59 Å². The van der Waals surface area contributed by atoms with Crippen LogP contribution in [0, 0.1) is 11.8 Å². The first-order valence-electron chi connectivity index (χ1n) is 9.82. The molecule has 2 heterocycles. The van der Waals surface area contributed by atoms with Crippen molar-refractivity contribution in [1.29, 1.82) is 0 Å². The van der Waals surface area contributed by atoms with E-state index in [2.05, 4.69) is 6.92 Å². The summed E-state index contributed by atoms with van der Waals surface area (Å²) in [6, 6.07) is 9.51. The van der Waals surface area contributed by atoms with Crippen molar-refractivity contribution in [3.63, 3.8) is 0 Å². The van der Waals surface area contributed by atoms with Crippen molar-refractivity contribution < 1.29 is 9.59 Å². The predicted octanol–water partition coefficient (Wildman–Crippen LogP) is 2.36. The molecule has 1 aromatic rings. The molecule has 2 N–H and O–H groups in total. The smallest absolute Gasteiger partial charge is 0.246 e. The van der Waals surface area contributed by atoms with E-state index in [-0.39, 0.29) is 17.7 Å². The van der Waals surface area contributed by atoms with E-state index in [4.69, 9.17) is 5.73 Å². The largest absolute Gasteiger partial charge is 0.342 e. The molecule has 26 heavy (non-hydrogen) atoms. The lowest BCUT2D eigenvalue weighted by Crippen LogP contribution is -2.54. The lowest BCUT2D eigenvalue weighted by atomic mass is 9.88. The molecule has 0 bridgehead atoms. The molecule has 2 aliphatic rings. The zero-order chi connectivity index (χ0) is 18.7. The number of amides is 2. The highest BCUT2D eigenvalue weighted by atomic mass is 16.2. The number of piperidine rings is 2. The number of nitrogens with zero attached hydrogens (tertiary/aromatic N) is 2. The molecule has 142 valence electrons. The molecule has 2 saturated heterocycles. The van der Waals surface area contributed by atoms with Crippen molar-refractivity contribution in [3.8, 4) is 0 Å². The molecular formula is C21H31N3O2. The Morgan fingerprint density at radius 1 is 0.962 bits per heavy atom. The van der Waals surface area contributed by atoms with Crippen LogP contribution in [0.3, 0.4) is 0 Å². The van der Waals surface area contributed by atoms with Crippen LogP contribution < -0.4 is 5.73 Å². The molecule has 0 aromatic heterocycles. The maximum atomic E-state index is 12.9. The van der Waals surface area contributed by atoms with Crippen molar-refractivity contribution in [2.75, 3.05) is 26.2 Å². The van der Waals surface area contributed by atoms with Gasteiger partial charge in [0.1, 0.15) is 5.54 Å². The van der Waals surface area contributed by atoms with Crippen LogP contribution >= 0.6 is 0 Å². The third kappa shape index (κ3) is 3.93. The van der Waals surface area contributed by atoms with Crippen LogP contribution in [-0.2, 0) is 15.1 Å². The fraction of sp³-hybridized carbons (Fsp3) is 0.619. The Kier molecular flexibility index (Phi) is 5.66. The number of hydrogen-bond acceptors (Lipinski definition) is 3. The minimum Gasteiger partial charge on any atom is -0.342 e. The molecule has 5 nitrogen and oxygen atoms in total. The van der Waals surface area contributed by atoms with E-state index >= 15 is 0 Å². The monoisotopic (exact) mass is 357 g/mol. The average Bonchev–Trinajstić information content (AvgIpc) is 2.68. The lowest BCUT2D eigenvalue weighted by molar-refractivity contribution is -0.144. The van der Waals surface area contributed by atoms with Gasteiger partial charge in [-0.05, 0) is 44.1 Å². The van der Waals surface area contributed by atoms with E-state index in [1.165, 1.54) is 0 Å². The number of likely N-dealkylation sites (tertiary alicyclic amines) is 2. The fourth-order valence-electron chi connectivity index (χ4n) is 4.05. The summed E-state index contributed by atoms with van der Waals surface area (Å²) in [6.07, 6.45) is 3.68. The molecule has 3 rings (SSSR count). The van der Waals surface area contributed by atoms with Gasteiger partial charge in [-0.15, -0.1) is 0 Å². The summed E-state index contributed by atoms with van der Waals surface area (Å²) in [5.74, 6) is 0.996. The number of rotatable bonds is 3. The van der Waals surface area contributed by atoms with Crippen LogP contribution in [0.2, 0.25) is 0 Å². The molecule has 5 heteroatoms. The topological polar surface area (TPSA) is 66.6 Å². The highest BCUT2D eigenvalue weighted by Crippen LogP contribution is 2.27. The van der Waals surface area contributed by atoms with Gasteiger partial charge in [0.2, 0.25) is 11.8 Å². The van der Waals surface area contributed by atoms with Gasteiger partial charge in [0, 0.05) is 32.1 Å². The molecule has 1 aromatic carbocycles. The van der Waals surface area contributed by atoms with E-state index in [9.17, 15) is 9.59 Å². The molecule has 1 unspecified atom stereocenters. The zero-order valence-electron chi connectivity index (χ0n) is 16.0. The van der Waals surface area contributed by atoms with Crippen molar-refractivity contribution >= 4 is 11.8 Å². The fourth-order valence-corrected chi connectivity index (χ4v) is 4.05. The lowest BCUT2D eigenvalue weighted by Gasteiger charge is -2.39. The SMILES string of the molecule is CC1CCN(C(=O)C2CCN(C(=O)C(C)(N)c3ccccc3)CC2)CC1. The predicted molar refractivity (Wildman–Crippen MR) is 102 cm³/mol. The maximum absolute atomic E-state index is 12.9. The van der Waals surface area contributed by atoms with E-state index in [1.54, 1.807) is 6.92 Å². The molecule has 0 saturated carbocycles. The van der Waals surface area contributed by atoms with Crippen molar-refractivity contribution in [1.82, 2.24) is 9.80 Å². The first-order valence-corrected chi connectivity index (χ1v) is 9.82. The zero-order valence-corrected chi connectivity index (χ0v) is 16.0. The van der Waals surface area contributed by atoms with Crippen LogP contribution in [0.25, 0.3) is 0 Å². The van der Waals surface area contributed by atoms with Gasteiger partial charge in [-0.1, -0.05) is 37.3 Å². The van der Waals surface area contributed by atoms with E-state index in [0.717, 1.165) is 50.3 Å². The number of benzene rings is 1. The van der Waals surface area contributed by atoms with Crippen LogP contribution in [0.4, 0.5) is 0 Å². The number of hydrogen-bond donors (Lipinski definition) is 1. The molecule has 0 radical (unpaired) electrons. The molecule has 0 aliphatic carbocycles. The number of nitrogens with two attached hydrogens (primary N) is 1. The Morgan fingerprint density at radius 3 is 2.08 bits per heavy atom. The highest BCUT2D eigenvalue weighted by Gasteiger charge is 2.38. The van der Waals surface area contributed by atoms with Gasteiger partial charge in [-0.2, -0.15) is 0 Å². The maximum Gasteiger partial charge on any atom is 0.246 e. The second-order valence-corrected chi connectivity index (χ2v) is 8.14. The normalized spacial score (nSPS) is 22.1. The first-order chi connectivity index (χ1) is 12.4. The Hall–Kier alpha value is -1.88. The minimum atomic E-state index is -1.03. The molecule has 2 aliphatic heterocycles. The Labute approximate surface area is 156 Å². The highest BCUT2D eigenvalue weighted by molar-refractivity contribution is 5.87. The minimum absolute atomic E-state index is 0.0493. The van der Waals surface area contributed by atoms with Crippen LogP contribution in [0.1, 0.15) is 45.1 Å². The second kappa shape index (κ2) is 7.78. The number of carbonyl (C=O) groups excluding carboxylic acids is 2. The molecule has 2 fully saturated rings. The quantitative estimate of drug-likeness (QED) is 0.903. The van der Waals surface area contributed by atoms with Gasteiger partial charge < -0.3 is 15.5 Å². The van der Waals surface area contributed by atoms with E-state index in [0.29, 0.717) is 13.1 Å². The first kappa shape index (κ1) is 18.9. The summed E-state index contributed by atoms with van der Waals surface area (Å²) in [7, 11) is 0. The van der Waals surface area contributed by atoms with Gasteiger partial charge in [0.15, 0.2) is 0 Å². The standard InChI is InChI=1S/C21H31N3O2/c1-16-8-12-23(13-9-16)19(25)17-10-14-24(15-11-17)20(26)21(2,22)18-6-4-3-5-7-18/h3-7,16-17H,8-15,22H2,1-2H3. The van der Waals surface area contributed by atoms with Gasteiger partial charge in [0.05, 0.1) is 0 Å². The molecule has 2 amide bonds. The third-order valence-corrected chi connectivity index (χ3v) is 6.04. The summed E-state index contributed by atoms with van der Waals surface area (Å²) in [5.41, 5.74) is 6.17. The Morgan fingerprint density at radius 2 is 1.50 bits per heavy atom. The summed E-state index contributed by atoms with van der Waals surface area (Å²) in [6.45, 7) is 7.01. The van der Waals surface area contributed by atoms with Crippen LogP contribution in [0.5, 0.6) is 0 Å². The summed E-state index contributed by atoms with van der Waals surface area (Å²) in [4.78, 5) is 29.5. The molecule has 1 atom stereocenters. The van der Waals surface area contributed by atoms with Crippen molar-refractivity contribution in [2.45, 2.75) is 45.1 Å². The molecule has 0 spiro atoms. The Bertz CT molecular complexity index is 628. The summed E-state index contributed by atoms with van der Waals surface area (Å²) < 4.78 is 0. The van der Waals surface area contributed by atoms with Gasteiger partial charge in [-0.25, -0.2) is 0 Å². The van der Waals surface area contributed by atoms with Crippen LogP contribution in [0.15, 0.2) is 30.3 Å². The molecular weight excluding hydrogens is 326 g/mol. The average molecular weight is 357 g/mol. The van der Waals surface area contributed by atoms with Crippen LogP contribution in [-0.4, -0.2) is 47.8 Å². The van der Waals surface area contributed by atoms with Gasteiger partial charge in [0.25, 0.3) is 0 Å². The summed E-state index contributed by atoms with van der Waals surface area (Å²) >= 11 is 0. The van der Waals surface area contributed by atoms with Gasteiger partial charge >= 0.3 is 0 Å². The van der Waals surface area contributed by atoms with E-state index < -0.39 is 5.54 Å². The number of carbonyl (C=O) groups is 2. The van der Waals surface area contributed by atoms with Crippen molar-refractivity contribution in [3.05, 3.63) is 35.9 Å². The Balaban J connectivity index is 1.56. The second-order valence-electron chi connectivity index (χ2n) is 8.14. The van der Waals surface area contributed by atoms with Crippen molar-refractivity contribution in [2.24, 2.45) is 17.6 Å². The third-order valence-electron chi connectivity index (χ3n) is 6.04. The van der Waals surface area contributed by atoms with E-state index in [1.807, 2.05) is 40.1 Å². The summed E-state index contributed by atoms with van der Waals surface area (Å²) in [5, 5.41) is 0.